The molecule has 1 spiro atoms. The molecule has 0 radical (unpaired) electrons. The molecule has 1 N–H and O–H groups in total. The molecule has 0 aromatic rings. The molecule has 0 amide bonds. The lowest BCUT2D eigenvalue weighted by Gasteiger charge is -2.71. The number of epoxide rings is 1. The van der Waals surface area contributed by atoms with Crippen LogP contribution in [0.2, 0.25) is 0 Å². The molecule has 4 unspecified atom stereocenters. The summed E-state index contributed by atoms with van der Waals surface area (Å²) in [6.45, 7) is 12.7. The Kier molecular flexibility index (Phi) is 5.88. The summed E-state index contributed by atoms with van der Waals surface area (Å²) in [6, 6.07) is 0. The Labute approximate surface area is 223 Å². The van der Waals surface area contributed by atoms with Gasteiger partial charge in [0.2, 0.25) is 6.10 Å². The summed E-state index contributed by atoms with van der Waals surface area (Å²) in [6.07, 6.45) is -2.39. The van der Waals surface area contributed by atoms with Gasteiger partial charge in [0.05, 0.1) is 13.2 Å². The topological polar surface area (TPSA) is 138 Å². The zero-order valence-corrected chi connectivity index (χ0v) is 23.5. The number of hydrogen-bond donors (Lipinski definition) is 1. The van der Waals surface area contributed by atoms with Crippen molar-refractivity contribution in [2.75, 3.05) is 7.11 Å². The summed E-state index contributed by atoms with van der Waals surface area (Å²) >= 11 is 0. The monoisotopic (exact) mass is 536 g/mol. The van der Waals surface area contributed by atoms with E-state index in [-0.39, 0.29) is 11.8 Å². The molecular weight excluding hydrogens is 496 g/mol. The van der Waals surface area contributed by atoms with Gasteiger partial charge in [-0.25, -0.2) is 9.59 Å². The Balaban J connectivity index is 1.66. The summed E-state index contributed by atoms with van der Waals surface area (Å²) < 4.78 is 28.6. The van der Waals surface area contributed by atoms with Gasteiger partial charge >= 0.3 is 23.9 Å². The molecule has 0 aromatic heterocycles. The lowest BCUT2D eigenvalue weighted by molar-refractivity contribution is -0.295. The average molecular weight is 537 g/mol. The van der Waals surface area contributed by atoms with E-state index in [0.717, 1.165) is 0 Å². The fourth-order valence-electron chi connectivity index (χ4n) is 9.77. The number of aliphatic hydroxyl groups is 1. The van der Waals surface area contributed by atoms with E-state index in [9.17, 15) is 24.3 Å². The van der Waals surface area contributed by atoms with E-state index in [1.807, 2.05) is 27.7 Å². The second-order valence-corrected chi connectivity index (χ2v) is 13.3. The number of esters is 4. The minimum absolute atomic E-state index is 0.185. The van der Waals surface area contributed by atoms with Crippen molar-refractivity contribution in [3.05, 3.63) is 0 Å². The van der Waals surface area contributed by atoms with Crippen LogP contribution in [0.4, 0.5) is 0 Å². The molecule has 5 fully saturated rings. The van der Waals surface area contributed by atoms with Crippen molar-refractivity contribution in [3.63, 3.8) is 0 Å². The van der Waals surface area contributed by atoms with Gasteiger partial charge in [0, 0.05) is 41.9 Å². The molecule has 2 heterocycles. The smallest absolute Gasteiger partial charge is 0.347 e. The zero-order chi connectivity index (χ0) is 28.2. The Hall–Kier alpha value is -2.20. The van der Waals surface area contributed by atoms with Gasteiger partial charge in [-0.2, -0.15) is 0 Å². The molecule has 10 heteroatoms. The molecule has 2 aliphatic heterocycles. The van der Waals surface area contributed by atoms with Crippen LogP contribution in [0.3, 0.4) is 0 Å². The first-order valence-corrected chi connectivity index (χ1v) is 13.5. The van der Waals surface area contributed by atoms with Gasteiger partial charge in [-0.3, -0.25) is 9.59 Å². The van der Waals surface area contributed by atoms with E-state index in [0.29, 0.717) is 25.7 Å². The molecule has 3 saturated carbocycles. The predicted octanol–water partition coefficient (Wildman–Crippen LogP) is 2.33. The molecule has 10 nitrogen and oxygen atoms in total. The van der Waals surface area contributed by atoms with Crippen molar-refractivity contribution in [1.82, 2.24) is 0 Å². The lowest BCUT2D eigenvalue weighted by Crippen LogP contribution is -2.76. The number of hydrogen-bond acceptors (Lipinski definition) is 10. The summed E-state index contributed by atoms with van der Waals surface area (Å²) in [5.41, 5.74) is -4.22. The zero-order valence-electron chi connectivity index (χ0n) is 23.5. The number of rotatable bonds is 3. The highest BCUT2D eigenvalue weighted by Crippen LogP contribution is 2.78. The second-order valence-electron chi connectivity index (χ2n) is 13.3. The number of carbonyl (C=O) groups excluding carboxylic acids is 4. The van der Waals surface area contributed by atoms with Gasteiger partial charge in [-0.1, -0.05) is 34.6 Å². The first-order chi connectivity index (χ1) is 17.5. The molecule has 2 saturated heterocycles. The van der Waals surface area contributed by atoms with Crippen molar-refractivity contribution in [3.8, 4) is 0 Å². The Morgan fingerprint density at radius 1 is 0.947 bits per heavy atom. The fourth-order valence-corrected chi connectivity index (χ4v) is 9.77. The third kappa shape index (κ3) is 3.07. The van der Waals surface area contributed by atoms with Crippen LogP contribution in [-0.4, -0.2) is 72.2 Å². The van der Waals surface area contributed by atoms with E-state index in [1.165, 1.54) is 21.0 Å². The molecule has 38 heavy (non-hydrogen) atoms. The van der Waals surface area contributed by atoms with Crippen LogP contribution in [0.1, 0.15) is 74.1 Å². The number of cyclic esters (lactones) is 1. The molecule has 0 aromatic carbocycles. The third-order valence-electron chi connectivity index (χ3n) is 11.5. The molecule has 212 valence electrons. The van der Waals surface area contributed by atoms with Gasteiger partial charge in [-0.15, -0.1) is 0 Å². The van der Waals surface area contributed by atoms with Gasteiger partial charge in [0.1, 0.15) is 17.8 Å². The Morgan fingerprint density at radius 2 is 1.55 bits per heavy atom. The van der Waals surface area contributed by atoms with E-state index >= 15 is 0 Å². The summed E-state index contributed by atoms with van der Waals surface area (Å²) in [7, 11) is 1.26. The number of aliphatic hydroxyl groups excluding tert-OH is 1. The van der Waals surface area contributed by atoms with Crippen LogP contribution >= 0.6 is 0 Å². The first kappa shape index (κ1) is 27.4. The molecule has 5 rings (SSSR count). The second kappa shape index (κ2) is 8.16. The fraction of sp³-hybridized carbons (Fsp3) is 0.857. The summed E-state index contributed by atoms with van der Waals surface area (Å²) in [4.78, 5) is 50.3. The lowest BCUT2D eigenvalue weighted by atomic mass is 9.34. The number of methoxy groups -OCH3 is 1. The maximum absolute atomic E-state index is 13.0. The Morgan fingerprint density at radius 3 is 2.13 bits per heavy atom. The Bertz CT molecular complexity index is 1090. The first-order valence-electron chi connectivity index (χ1n) is 13.5. The molecular formula is C28H40O10. The molecule has 11 atom stereocenters. The predicted molar refractivity (Wildman–Crippen MR) is 130 cm³/mol. The van der Waals surface area contributed by atoms with Crippen molar-refractivity contribution in [1.29, 1.82) is 0 Å². The van der Waals surface area contributed by atoms with Crippen molar-refractivity contribution >= 4 is 23.9 Å². The normalized spacial score (nSPS) is 50.1. The van der Waals surface area contributed by atoms with Crippen LogP contribution in [0.5, 0.6) is 0 Å². The molecule has 3 aliphatic carbocycles. The SMILES string of the molecule is COC(=O)[C@@H]1OC(=O)C2OC23[C@@]1(C)CCC1[C@]2(C)C(C[C@H](O)[C@]13C)C(C)(C)[C@H](OC(C)=O)C[C@@H]2OC(C)=O. The largest absolute Gasteiger partial charge is 0.466 e. The highest BCUT2D eigenvalue weighted by molar-refractivity contribution is 5.88. The van der Waals surface area contributed by atoms with Crippen LogP contribution in [0.15, 0.2) is 0 Å². The van der Waals surface area contributed by atoms with Crippen LogP contribution in [0.25, 0.3) is 0 Å². The van der Waals surface area contributed by atoms with Crippen LogP contribution in [0, 0.1) is 33.5 Å². The standard InChI is InChI=1S/C28H40O10/c1-13(29)35-18-12-19(36-14(2)30)26(6)15-9-10-25(5)20(22(32)34-8)37-23(33)21-28(25,38-21)27(15,7)17(31)11-16(26)24(18,3)4/h15-21,31H,9-12H2,1-8H3/t15?,16?,17-,18+,19-,20-,21?,25-,26+,27-,28?/m0/s1. The van der Waals surface area contributed by atoms with E-state index in [1.54, 1.807) is 0 Å². The number of ether oxygens (including phenoxy) is 5. The van der Waals surface area contributed by atoms with Crippen molar-refractivity contribution < 1.29 is 48.0 Å². The summed E-state index contributed by atoms with van der Waals surface area (Å²) in [5.74, 6) is -2.55. The van der Waals surface area contributed by atoms with E-state index in [4.69, 9.17) is 23.7 Å². The number of carbonyl (C=O) groups is 4. The van der Waals surface area contributed by atoms with Gasteiger partial charge < -0.3 is 28.8 Å². The average Bonchev–Trinajstić information content (AvgIpc) is 3.59. The quantitative estimate of drug-likeness (QED) is 0.325. The third-order valence-corrected chi connectivity index (χ3v) is 11.5. The highest BCUT2D eigenvalue weighted by Gasteiger charge is 2.89. The van der Waals surface area contributed by atoms with Gasteiger partial charge in [0.25, 0.3) is 0 Å². The minimum atomic E-state index is -1.16. The van der Waals surface area contributed by atoms with Crippen LogP contribution < -0.4 is 0 Å². The van der Waals surface area contributed by atoms with Crippen molar-refractivity contribution in [2.24, 2.45) is 33.5 Å². The summed E-state index contributed by atoms with van der Waals surface area (Å²) in [5, 5.41) is 12.0. The minimum Gasteiger partial charge on any atom is -0.466 e. The molecule has 0 bridgehead atoms. The highest BCUT2D eigenvalue weighted by atomic mass is 16.7. The van der Waals surface area contributed by atoms with Gasteiger partial charge in [0.15, 0.2) is 6.10 Å². The van der Waals surface area contributed by atoms with Crippen LogP contribution in [-0.2, 0) is 42.9 Å². The maximum atomic E-state index is 13.0. The maximum Gasteiger partial charge on any atom is 0.347 e. The molecule has 5 aliphatic rings. The van der Waals surface area contributed by atoms with E-state index in [2.05, 4.69) is 6.92 Å². The van der Waals surface area contributed by atoms with Crippen molar-refractivity contribution in [2.45, 2.75) is 110 Å². The number of fused-ring (bicyclic) bond motifs is 3. The van der Waals surface area contributed by atoms with E-state index < -0.39 is 81.7 Å². The van der Waals surface area contributed by atoms with Gasteiger partial charge in [-0.05, 0) is 31.1 Å².